The van der Waals surface area contributed by atoms with E-state index in [1.807, 2.05) is 0 Å². The topological polar surface area (TPSA) is 84.9 Å². The van der Waals surface area contributed by atoms with Crippen LogP contribution >= 0.6 is 0 Å². The molecule has 0 fully saturated rings. The highest BCUT2D eigenvalue weighted by atomic mass is 19.1. The van der Waals surface area contributed by atoms with Crippen LogP contribution in [0.15, 0.2) is 36.5 Å². The van der Waals surface area contributed by atoms with Crippen LogP contribution < -0.4 is 10.5 Å². The Morgan fingerprint density at radius 3 is 2.76 bits per heavy atom. The van der Waals surface area contributed by atoms with E-state index >= 15 is 0 Å². The molecule has 0 aliphatic carbocycles. The van der Waals surface area contributed by atoms with Gasteiger partial charge in [-0.3, -0.25) is 5.41 Å². The van der Waals surface area contributed by atoms with Crippen LogP contribution in [0.25, 0.3) is 0 Å². The highest BCUT2D eigenvalue weighted by Gasteiger charge is 2.07. The van der Waals surface area contributed by atoms with Crippen molar-refractivity contribution in [3.8, 4) is 11.8 Å². The lowest BCUT2D eigenvalue weighted by Gasteiger charge is -2.05. The highest BCUT2D eigenvalue weighted by Crippen LogP contribution is 2.20. The van der Waals surface area contributed by atoms with Gasteiger partial charge in [0.2, 0.25) is 0 Å². The normalized spacial score (nSPS) is 9.94. The molecule has 86 valence electrons. The summed E-state index contributed by atoms with van der Waals surface area (Å²) in [5, 5.41) is 7.21. The maximum absolute atomic E-state index is 13.3. The Labute approximate surface area is 96.6 Å². The number of rotatable bonds is 3. The maximum atomic E-state index is 13.3. The van der Waals surface area contributed by atoms with E-state index in [0.29, 0.717) is 0 Å². The molecule has 0 saturated carbocycles. The Hall–Kier alpha value is -2.50. The first-order valence-corrected chi connectivity index (χ1v) is 4.76. The lowest BCUT2D eigenvalue weighted by Crippen LogP contribution is -2.13. The predicted molar refractivity (Wildman–Crippen MR) is 59.5 cm³/mol. The zero-order chi connectivity index (χ0) is 12.3. The van der Waals surface area contributed by atoms with Gasteiger partial charge in [0.05, 0.1) is 0 Å². The number of amidine groups is 1. The van der Waals surface area contributed by atoms with E-state index in [9.17, 15) is 4.39 Å². The van der Waals surface area contributed by atoms with E-state index < -0.39 is 5.82 Å². The minimum absolute atomic E-state index is 0.0215. The molecule has 0 radical (unpaired) electrons. The van der Waals surface area contributed by atoms with Crippen molar-refractivity contribution in [3.05, 3.63) is 48.0 Å². The van der Waals surface area contributed by atoms with Gasteiger partial charge in [-0.25, -0.2) is 9.37 Å². The van der Waals surface area contributed by atoms with Gasteiger partial charge in [-0.15, -0.1) is 0 Å². The number of nitrogen functional groups attached to an aromatic ring is 1. The maximum Gasteiger partial charge on any atom is 0.322 e. The molecule has 0 amide bonds. The molecule has 0 atom stereocenters. The number of hydrogen-bond donors (Lipinski definition) is 2. The van der Waals surface area contributed by atoms with Gasteiger partial charge in [-0.1, -0.05) is 12.1 Å². The number of halogens is 1. The average Bonchev–Trinajstić information content (AvgIpc) is 2.32. The summed E-state index contributed by atoms with van der Waals surface area (Å²) < 4.78 is 18.4. The quantitative estimate of drug-likeness (QED) is 0.623. The summed E-state index contributed by atoms with van der Waals surface area (Å²) in [4.78, 5) is 7.67. The number of ether oxygens (including phenoxy) is 1. The smallest absolute Gasteiger partial charge is 0.322 e. The number of nitrogens with two attached hydrogens (primary N) is 1. The van der Waals surface area contributed by atoms with Crippen LogP contribution in [-0.2, 0) is 0 Å². The molecule has 0 aliphatic heterocycles. The van der Waals surface area contributed by atoms with E-state index in [2.05, 4.69) is 9.97 Å². The van der Waals surface area contributed by atoms with Crippen molar-refractivity contribution >= 4 is 5.84 Å². The summed E-state index contributed by atoms with van der Waals surface area (Å²) in [6, 6.07) is 7.32. The van der Waals surface area contributed by atoms with Gasteiger partial charge in [0, 0.05) is 6.20 Å². The molecule has 2 aromatic rings. The fourth-order valence-corrected chi connectivity index (χ4v) is 1.17. The molecular weight excluding hydrogens is 223 g/mol. The standard InChI is InChI=1S/C11H9FN4O/c12-7-3-1-2-4-9(7)17-11-15-6-5-8(16-11)10(13)14/h1-6H,(H3,13,14). The van der Waals surface area contributed by atoms with E-state index in [4.69, 9.17) is 15.9 Å². The Bertz CT molecular complexity index is 559. The summed E-state index contributed by atoms with van der Waals surface area (Å²) >= 11 is 0. The molecule has 2 rings (SSSR count). The zero-order valence-corrected chi connectivity index (χ0v) is 8.72. The van der Waals surface area contributed by atoms with Crippen LogP contribution in [0.2, 0.25) is 0 Å². The second-order valence-electron chi connectivity index (χ2n) is 3.17. The molecule has 0 bridgehead atoms. The SMILES string of the molecule is N=C(N)c1ccnc(Oc2ccccc2F)n1. The van der Waals surface area contributed by atoms with Gasteiger partial charge in [0.15, 0.2) is 11.6 Å². The number of nitrogens with zero attached hydrogens (tertiary/aromatic N) is 2. The second-order valence-corrected chi connectivity index (χ2v) is 3.17. The Morgan fingerprint density at radius 2 is 2.06 bits per heavy atom. The summed E-state index contributed by atoms with van der Waals surface area (Å²) in [7, 11) is 0. The van der Waals surface area contributed by atoms with Gasteiger partial charge in [-0.05, 0) is 18.2 Å². The molecular formula is C11H9FN4O. The van der Waals surface area contributed by atoms with E-state index in [1.165, 1.54) is 24.4 Å². The molecule has 1 heterocycles. The highest BCUT2D eigenvalue weighted by molar-refractivity contribution is 5.92. The molecule has 5 nitrogen and oxygen atoms in total. The van der Waals surface area contributed by atoms with Crippen LogP contribution in [0.3, 0.4) is 0 Å². The van der Waals surface area contributed by atoms with Crippen LogP contribution in [0.4, 0.5) is 4.39 Å². The lowest BCUT2D eigenvalue weighted by molar-refractivity contribution is 0.410. The fourth-order valence-electron chi connectivity index (χ4n) is 1.17. The Morgan fingerprint density at radius 1 is 1.29 bits per heavy atom. The molecule has 0 spiro atoms. The molecule has 1 aromatic heterocycles. The third kappa shape index (κ3) is 2.54. The Balaban J connectivity index is 2.28. The van der Waals surface area contributed by atoms with Gasteiger partial charge in [-0.2, -0.15) is 4.98 Å². The number of aromatic nitrogens is 2. The van der Waals surface area contributed by atoms with Crippen molar-refractivity contribution in [3.63, 3.8) is 0 Å². The minimum atomic E-state index is -0.510. The van der Waals surface area contributed by atoms with Crippen molar-refractivity contribution < 1.29 is 9.13 Å². The largest absolute Gasteiger partial charge is 0.421 e. The first-order chi connectivity index (χ1) is 8.16. The fraction of sp³-hybridized carbons (Fsp3) is 0. The van der Waals surface area contributed by atoms with Crippen LogP contribution in [0.1, 0.15) is 5.69 Å². The van der Waals surface area contributed by atoms with Crippen LogP contribution in [0.5, 0.6) is 11.8 Å². The molecule has 6 heteroatoms. The number of benzene rings is 1. The van der Waals surface area contributed by atoms with Gasteiger partial charge < -0.3 is 10.5 Å². The number of hydrogen-bond acceptors (Lipinski definition) is 4. The van der Waals surface area contributed by atoms with Crippen LogP contribution in [0, 0.1) is 11.2 Å². The molecule has 3 N–H and O–H groups in total. The van der Waals surface area contributed by atoms with Crippen molar-refractivity contribution in [1.82, 2.24) is 9.97 Å². The van der Waals surface area contributed by atoms with E-state index in [1.54, 1.807) is 12.1 Å². The van der Waals surface area contributed by atoms with Crippen molar-refractivity contribution in [2.24, 2.45) is 5.73 Å². The first kappa shape index (κ1) is 11.0. The van der Waals surface area contributed by atoms with Gasteiger partial charge in [0.1, 0.15) is 11.5 Å². The first-order valence-electron chi connectivity index (χ1n) is 4.76. The summed E-state index contributed by atoms with van der Waals surface area (Å²) in [6.45, 7) is 0. The van der Waals surface area contributed by atoms with Crippen LogP contribution in [-0.4, -0.2) is 15.8 Å². The van der Waals surface area contributed by atoms with Crippen molar-refractivity contribution in [2.45, 2.75) is 0 Å². The number of nitrogens with one attached hydrogen (secondary N) is 1. The summed E-state index contributed by atoms with van der Waals surface area (Å²) in [5.41, 5.74) is 5.50. The van der Waals surface area contributed by atoms with Crippen molar-refractivity contribution in [1.29, 1.82) is 5.41 Å². The average molecular weight is 232 g/mol. The Kier molecular flexibility index (Phi) is 2.95. The molecule has 0 saturated heterocycles. The zero-order valence-electron chi connectivity index (χ0n) is 8.72. The van der Waals surface area contributed by atoms with Gasteiger partial charge >= 0.3 is 6.01 Å². The lowest BCUT2D eigenvalue weighted by atomic mass is 10.3. The molecule has 0 aliphatic rings. The monoisotopic (exact) mass is 232 g/mol. The predicted octanol–water partition coefficient (Wildman–Crippen LogP) is 1.69. The number of para-hydroxylation sites is 1. The summed E-state index contributed by atoms with van der Waals surface area (Å²) in [5.74, 6) is -0.691. The van der Waals surface area contributed by atoms with E-state index in [0.717, 1.165) is 0 Å². The second kappa shape index (κ2) is 4.56. The summed E-state index contributed by atoms with van der Waals surface area (Å²) in [6.07, 6.45) is 1.39. The molecule has 0 unspecified atom stereocenters. The van der Waals surface area contributed by atoms with Gasteiger partial charge in [0.25, 0.3) is 0 Å². The van der Waals surface area contributed by atoms with E-state index in [-0.39, 0.29) is 23.3 Å². The third-order valence-corrected chi connectivity index (χ3v) is 1.95. The minimum Gasteiger partial charge on any atom is -0.421 e. The molecule has 1 aromatic carbocycles. The molecule has 17 heavy (non-hydrogen) atoms. The third-order valence-electron chi connectivity index (χ3n) is 1.95. The van der Waals surface area contributed by atoms with Crippen molar-refractivity contribution in [2.75, 3.05) is 0 Å².